The van der Waals surface area contributed by atoms with Crippen molar-refractivity contribution in [3.05, 3.63) is 58.4 Å². The van der Waals surface area contributed by atoms with E-state index < -0.39 is 11.9 Å². The van der Waals surface area contributed by atoms with Gasteiger partial charge in [0.1, 0.15) is 18.1 Å². The predicted octanol–water partition coefficient (Wildman–Crippen LogP) is 4.79. The molecule has 0 N–H and O–H groups in total. The van der Waals surface area contributed by atoms with E-state index in [9.17, 15) is 18.0 Å². The molecule has 0 saturated carbocycles. The highest BCUT2D eigenvalue weighted by molar-refractivity contribution is 5.94. The summed E-state index contributed by atoms with van der Waals surface area (Å²) in [5.74, 6) is 0.594. The lowest BCUT2D eigenvalue weighted by Gasteiger charge is -2.38. The fourth-order valence-electron chi connectivity index (χ4n) is 5.15. The molecule has 2 saturated heterocycles. The first-order valence-corrected chi connectivity index (χ1v) is 11.9. The number of hydrogen-bond acceptors (Lipinski definition) is 5. The standard InChI is InChI=1S/C26H32F3N3O3/c1-15(34-5)14-35-23-8-7-22(16(2)17(23)3)18(4)31-12-21-10-20(31)13-32(21)25(33)19-6-9-24(30-11-19)26(27,28)29/h6-9,11,15,18,20-21H,10,12-14H2,1-5H3/t15-,18+,20+,21+/m1/s1. The van der Waals surface area contributed by atoms with Gasteiger partial charge in [-0.2, -0.15) is 13.2 Å². The number of likely N-dealkylation sites (tertiary alicyclic amines) is 2. The van der Waals surface area contributed by atoms with Crippen molar-refractivity contribution in [1.82, 2.24) is 14.8 Å². The molecular weight excluding hydrogens is 459 g/mol. The van der Waals surface area contributed by atoms with Gasteiger partial charge in [0.25, 0.3) is 5.91 Å². The summed E-state index contributed by atoms with van der Waals surface area (Å²) in [5.41, 5.74) is 2.72. The zero-order valence-electron chi connectivity index (χ0n) is 20.7. The van der Waals surface area contributed by atoms with E-state index in [0.29, 0.717) is 13.2 Å². The van der Waals surface area contributed by atoms with Gasteiger partial charge in [0, 0.05) is 44.5 Å². The summed E-state index contributed by atoms with van der Waals surface area (Å²) < 4.78 is 49.6. The van der Waals surface area contributed by atoms with Crippen molar-refractivity contribution in [3.8, 4) is 5.75 Å². The van der Waals surface area contributed by atoms with Gasteiger partial charge in [0.15, 0.2) is 0 Å². The molecule has 0 radical (unpaired) electrons. The Bertz CT molecular complexity index is 1070. The number of piperazine rings is 1. The SMILES string of the molecule is CO[C@H](C)COc1ccc([C@H](C)N2C[C@@H]3C[C@H]2CN3C(=O)c2ccc(C(F)(F)F)nc2)c(C)c1C. The quantitative estimate of drug-likeness (QED) is 0.558. The van der Waals surface area contributed by atoms with Crippen molar-refractivity contribution in [2.45, 2.75) is 64.5 Å². The van der Waals surface area contributed by atoms with E-state index in [2.05, 4.69) is 36.7 Å². The average Bonchev–Trinajstić information content (AvgIpc) is 3.45. The van der Waals surface area contributed by atoms with E-state index in [1.165, 1.54) is 17.2 Å². The molecule has 2 bridgehead atoms. The van der Waals surface area contributed by atoms with Crippen LogP contribution in [0.15, 0.2) is 30.5 Å². The highest BCUT2D eigenvalue weighted by Gasteiger charge is 2.47. The van der Waals surface area contributed by atoms with Crippen LogP contribution in [0.25, 0.3) is 0 Å². The van der Waals surface area contributed by atoms with Crippen LogP contribution in [0.4, 0.5) is 13.2 Å². The smallest absolute Gasteiger partial charge is 0.433 e. The van der Waals surface area contributed by atoms with Gasteiger partial charge in [0.05, 0.1) is 11.7 Å². The van der Waals surface area contributed by atoms with Crippen LogP contribution >= 0.6 is 0 Å². The van der Waals surface area contributed by atoms with Gasteiger partial charge < -0.3 is 14.4 Å². The van der Waals surface area contributed by atoms with Crippen LogP contribution < -0.4 is 4.74 Å². The lowest BCUT2D eigenvalue weighted by molar-refractivity contribution is -0.141. The Balaban J connectivity index is 1.42. The normalized spacial score (nSPS) is 21.9. The number of benzene rings is 1. The van der Waals surface area contributed by atoms with Crippen LogP contribution in [-0.2, 0) is 10.9 Å². The predicted molar refractivity (Wildman–Crippen MR) is 125 cm³/mol. The van der Waals surface area contributed by atoms with Crippen LogP contribution in [0.3, 0.4) is 0 Å². The van der Waals surface area contributed by atoms with Crippen LogP contribution in [-0.4, -0.2) is 65.7 Å². The molecule has 1 amide bonds. The first-order valence-electron chi connectivity index (χ1n) is 11.9. The lowest BCUT2D eigenvalue weighted by Crippen LogP contribution is -2.49. The number of alkyl halides is 3. The monoisotopic (exact) mass is 491 g/mol. The minimum Gasteiger partial charge on any atom is -0.491 e. The number of carbonyl (C=O) groups excluding carboxylic acids is 1. The van der Waals surface area contributed by atoms with Crippen LogP contribution in [0.1, 0.15) is 59.1 Å². The van der Waals surface area contributed by atoms with Gasteiger partial charge in [-0.15, -0.1) is 0 Å². The number of ether oxygens (including phenoxy) is 2. The molecule has 35 heavy (non-hydrogen) atoms. The Morgan fingerprint density at radius 1 is 1.11 bits per heavy atom. The fourth-order valence-corrected chi connectivity index (χ4v) is 5.15. The number of aromatic nitrogens is 1. The van der Waals surface area contributed by atoms with Gasteiger partial charge in [-0.05, 0) is 69.0 Å². The number of nitrogens with zero attached hydrogens (tertiary/aromatic N) is 3. The van der Waals surface area contributed by atoms with E-state index in [-0.39, 0.29) is 35.7 Å². The maximum Gasteiger partial charge on any atom is 0.433 e. The van der Waals surface area contributed by atoms with E-state index in [4.69, 9.17) is 9.47 Å². The number of fused-ring (bicyclic) bond motifs is 2. The van der Waals surface area contributed by atoms with E-state index in [0.717, 1.165) is 36.5 Å². The van der Waals surface area contributed by atoms with Gasteiger partial charge in [0.2, 0.25) is 0 Å². The van der Waals surface area contributed by atoms with E-state index in [1.54, 1.807) is 12.0 Å². The maximum atomic E-state index is 13.0. The van der Waals surface area contributed by atoms with E-state index >= 15 is 0 Å². The minimum atomic E-state index is -4.52. The number of rotatable bonds is 7. The number of carbonyl (C=O) groups is 1. The van der Waals surface area contributed by atoms with Gasteiger partial charge in [-0.25, -0.2) is 0 Å². The molecule has 0 aliphatic carbocycles. The number of pyridine rings is 1. The second kappa shape index (κ2) is 9.78. The molecular formula is C26H32F3N3O3. The number of methoxy groups -OCH3 is 1. The largest absolute Gasteiger partial charge is 0.491 e. The molecule has 0 spiro atoms. The van der Waals surface area contributed by atoms with Crippen LogP contribution in [0.2, 0.25) is 0 Å². The number of amides is 1. The Morgan fingerprint density at radius 2 is 1.86 bits per heavy atom. The Morgan fingerprint density at radius 3 is 2.43 bits per heavy atom. The summed E-state index contributed by atoms with van der Waals surface area (Å²) in [6.45, 7) is 10.1. The zero-order chi connectivity index (χ0) is 25.5. The highest BCUT2D eigenvalue weighted by atomic mass is 19.4. The van der Waals surface area contributed by atoms with Crippen molar-refractivity contribution in [3.63, 3.8) is 0 Å². The Kier molecular flexibility index (Phi) is 7.11. The second-order valence-electron chi connectivity index (χ2n) is 9.56. The molecule has 9 heteroatoms. The fraction of sp³-hybridized carbons (Fsp3) is 0.538. The molecule has 2 aromatic rings. The Hall–Kier alpha value is -2.65. The van der Waals surface area contributed by atoms with Gasteiger partial charge in [-0.1, -0.05) is 6.07 Å². The van der Waals surface area contributed by atoms with Crippen LogP contribution in [0.5, 0.6) is 5.75 Å². The lowest BCUT2D eigenvalue weighted by atomic mass is 9.96. The van der Waals surface area contributed by atoms with E-state index in [1.807, 2.05) is 13.0 Å². The molecule has 1 aromatic heterocycles. The number of hydrogen-bond donors (Lipinski definition) is 0. The summed E-state index contributed by atoms with van der Waals surface area (Å²) in [6, 6.07) is 6.62. The molecule has 2 fully saturated rings. The zero-order valence-corrected chi connectivity index (χ0v) is 20.7. The highest BCUT2D eigenvalue weighted by Crippen LogP contribution is 2.39. The number of halogens is 3. The summed E-state index contributed by atoms with van der Waals surface area (Å²) in [4.78, 5) is 20.6. The molecule has 4 atom stereocenters. The van der Waals surface area contributed by atoms with Crippen molar-refractivity contribution in [2.24, 2.45) is 0 Å². The molecule has 2 aliphatic rings. The van der Waals surface area contributed by atoms with Crippen molar-refractivity contribution >= 4 is 5.91 Å². The summed E-state index contributed by atoms with van der Waals surface area (Å²) in [7, 11) is 1.66. The molecule has 0 unspecified atom stereocenters. The summed E-state index contributed by atoms with van der Waals surface area (Å²) >= 11 is 0. The molecule has 2 aliphatic heterocycles. The third-order valence-corrected chi connectivity index (χ3v) is 7.45. The minimum absolute atomic E-state index is 0.0115. The topological polar surface area (TPSA) is 54.9 Å². The summed E-state index contributed by atoms with van der Waals surface area (Å²) in [6.07, 6.45) is -2.62. The first kappa shape index (κ1) is 25.4. The molecule has 190 valence electrons. The average molecular weight is 492 g/mol. The Labute approximate surface area is 204 Å². The van der Waals surface area contributed by atoms with Crippen molar-refractivity contribution in [1.29, 1.82) is 0 Å². The summed E-state index contributed by atoms with van der Waals surface area (Å²) in [5, 5.41) is 0. The van der Waals surface area contributed by atoms with Crippen molar-refractivity contribution < 1.29 is 27.4 Å². The van der Waals surface area contributed by atoms with Gasteiger partial charge >= 0.3 is 6.18 Å². The third kappa shape index (κ3) is 5.02. The van der Waals surface area contributed by atoms with Crippen LogP contribution in [0, 0.1) is 13.8 Å². The molecule has 6 nitrogen and oxygen atoms in total. The first-order chi connectivity index (χ1) is 16.5. The second-order valence-corrected chi connectivity index (χ2v) is 9.56. The van der Waals surface area contributed by atoms with Crippen molar-refractivity contribution in [2.75, 3.05) is 26.8 Å². The molecule has 3 heterocycles. The molecule has 1 aromatic carbocycles. The van der Waals surface area contributed by atoms with Gasteiger partial charge in [-0.3, -0.25) is 14.7 Å². The maximum absolute atomic E-state index is 13.0. The third-order valence-electron chi connectivity index (χ3n) is 7.45. The molecule has 4 rings (SSSR count).